The number of aliphatic hydroxyl groups is 1. The Kier molecular flexibility index (Phi) is 8.13. The minimum Gasteiger partial charge on any atom is -0.394 e. The first-order chi connectivity index (χ1) is 10.4. The number of guanidine groups is 1. The van der Waals surface area contributed by atoms with Crippen molar-refractivity contribution in [2.24, 2.45) is 28.3 Å². The maximum atomic E-state index is 11.3. The molecule has 126 valence electrons. The topological polar surface area (TPSA) is 114 Å². The Bertz CT molecular complexity index is 427. The second kappa shape index (κ2) is 9.32. The highest BCUT2D eigenvalue weighted by Gasteiger charge is 2.40. The Labute approximate surface area is 142 Å². The van der Waals surface area contributed by atoms with Crippen LogP contribution in [0.4, 0.5) is 0 Å². The lowest BCUT2D eigenvalue weighted by Gasteiger charge is -2.25. The molecule has 1 amide bonds. The molecule has 0 aromatic carbocycles. The molecule has 6 nitrogen and oxygen atoms in total. The van der Waals surface area contributed by atoms with Crippen LogP contribution in [0.3, 0.4) is 0 Å². The van der Waals surface area contributed by atoms with Gasteiger partial charge in [0.05, 0.1) is 18.7 Å². The molecule has 0 bridgehead atoms. The van der Waals surface area contributed by atoms with Gasteiger partial charge in [0.1, 0.15) is 0 Å². The third-order valence-electron chi connectivity index (χ3n) is 4.03. The zero-order valence-corrected chi connectivity index (χ0v) is 14.6. The number of thiol groups is 1. The molecule has 0 aliphatic heterocycles. The number of nitrogens with two attached hydrogens (primary N) is 2. The van der Waals surface area contributed by atoms with E-state index in [0.717, 1.165) is 36.3 Å². The Morgan fingerprint density at radius 2 is 2.18 bits per heavy atom. The molecule has 0 spiro atoms. The summed E-state index contributed by atoms with van der Waals surface area (Å²) in [4.78, 5) is 16.6. The normalized spacial score (nSPS) is 25.5. The van der Waals surface area contributed by atoms with Gasteiger partial charge in [-0.05, 0) is 42.2 Å². The van der Waals surface area contributed by atoms with Crippen LogP contribution in [0.15, 0.2) is 4.99 Å². The molecule has 1 rings (SSSR count). The van der Waals surface area contributed by atoms with E-state index in [9.17, 15) is 9.90 Å². The summed E-state index contributed by atoms with van der Waals surface area (Å²) in [5.74, 6) is 0.865. The van der Waals surface area contributed by atoms with Crippen LogP contribution in [0.2, 0.25) is 0 Å². The fourth-order valence-electron chi connectivity index (χ4n) is 3.09. The van der Waals surface area contributed by atoms with Crippen molar-refractivity contribution in [3.05, 3.63) is 0 Å². The molecule has 0 radical (unpaired) electrons. The Balaban J connectivity index is 2.84. The van der Waals surface area contributed by atoms with E-state index < -0.39 is 0 Å². The zero-order valence-electron chi connectivity index (χ0n) is 12.9. The first kappa shape index (κ1) is 19.2. The largest absolute Gasteiger partial charge is 0.394 e. The highest BCUT2D eigenvalue weighted by Crippen LogP contribution is 2.37. The number of nitrogens with zero attached hydrogens (tertiary/aromatic N) is 1. The first-order valence-electron chi connectivity index (χ1n) is 7.49. The summed E-state index contributed by atoms with van der Waals surface area (Å²) in [6.45, 7) is 1.29. The molecule has 6 N–H and O–H groups in total. The summed E-state index contributed by atoms with van der Waals surface area (Å²) in [6, 6.07) is -0.490. The quantitative estimate of drug-likeness (QED) is 0.187. The summed E-state index contributed by atoms with van der Waals surface area (Å²) in [6.07, 6.45) is 3.34. The molecular formula is C14H26N4O2S2. The molecule has 1 fully saturated rings. The minimum atomic E-state index is -0.358. The standard InChI is InChI=1S/C14H26N4O2S2/c1-8(20)17-12(7-19)10-5-9(13(22)3-2-4-21)6-11(10)18-14(15)16/h9-12,19,21H,2-7H2,1H3,(H,17,20)(H4,15,16,18)/t9?,10-,11-,12?/m1/s1. The summed E-state index contributed by atoms with van der Waals surface area (Å²) < 4.78 is 0. The van der Waals surface area contributed by atoms with Gasteiger partial charge in [-0.1, -0.05) is 12.2 Å². The smallest absolute Gasteiger partial charge is 0.217 e. The van der Waals surface area contributed by atoms with Crippen LogP contribution in [0.1, 0.15) is 32.6 Å². The lowest BCUT2D eigenvalue weighted by molar-refractivity contribution is -0.120. The van der Waals surface area contributed by atoms with Crippen LogP contribution in [-0.2, 0) is 4.79 Å². The molecule has 0 aromatic rings. The maximum Gasteiger partial charge on any atom is 0.217 e. The van der Waals surface area contributed by atoms with Gasteiger partial charge in [0, 0.05) is 12.8 Å². The molecule has 1 aliphatic rings. The summed E-state index contributed by atoms with van der Waals surface area (Å²) in [7, 11) is 0. The summed E-state index contributed by atoms with van der Waals surface area (Å²) in [5.41, 5.74) is 11.0. The van der Waals surface area contributed by atoms with Gasteiger partial charge in [0.15, 0.2) is 5.96 Å². The molecule has 0 heterocycles. The van der Waals surface area contributed by atoms with Gasteiger partial charge >= 0.3 is 0 Å². The highest BCUT2D eigenvalue weighted by atomic mass is 32.1. The van der Waals surface area contributed by atoms with E-state index in [2.05, 4.69) is 22.9 Å². The van der Waals surface area contributed by atoms with Crippen molar-refractivity contribution < 1.29 is 9.90 Å². The van der Waals surface area contributed by atoms with Crippen LogP contribution >= 0.6 is 24.8 Å². The number of thiocarbonyl (C=S) groups is 1. The number of carbonyl (C=O) groups is 1. The van der Waals surface area contributed by atoms with Crippen molar-refractivity contribution in [1.82, 2.24) is 5.32 Å². The van der Waals surface area contributed by atoms with Gasteiger partial charge < -0.3 is 21.9 Å². The van der Waals surface area contributed by atoms with E-state index in [0.29, 0.717) is 0 Å². The van der Waals surface area contributed by atoms with Crippen LogP contribution < -0.4 is 16.8 Å². The molecule has 22 heavy (non-hydrogen) atoms. The lowest BCUT2D eigenvalue weighted by atomic mass is 9.93. The van der Waals surface area contributed by atoms with Crippen molar-refractivity contribution in [2.75, 3.05) is 12.4 Å². The van der Waals surface area contributed by atoms with E-state index in [4.69, 9.17) is 23.7 Å². The summed E-state index contributed by atoms with van der Waals surface area (Å²) >= 11 is 9.72. The maximum absolute atomic E-state index is 11.3. The first-order valence-corrected chi connectivity index (χ1v) is 8.53. The highest BCUT2D eigenvalue weighted by molar-refractivity contribution is 7.80. The van der Waals surface area contributed by atoms with E-state index in [1.54, 1.807) is 0 Å². The average Bonchev–Trinajstić information content (AvgIpc) is 2.84. The third-order valence-corrected chi connectivity index (χ3v) is 4.88. The van der Waals surface area contributed by atoms with Crippen molar-refractivity contribution >= 4 is 41.6 Å². The SMILES string of the molecule is CC(=O)NC(CO)[C@@H]1CC(C(=S)CCCS)C[C@H]1N=C(N)N. The van der Waals surface area contributed by atoms with Crippen molar-refractivity contribution in [3.63, 3.8) is 0 Å². The zero-order chi connectivity index (χ0) is 16.7. The lowest BCUT2D eigenvalue weighted by Crippen LogP contribution is -2.44. The Hall–Kier alpha value is -0.860. The molecule has 1 saturated carbocycles. The van der Waals surface area contributed by atoms with Gasteiger partial charge in [-0.3, -0.25) is 4.79 Å². The number of rotatable bonds is 8. The predicted molar refractivity (Wildman–Crippen MR) is 96.2 cm³/mol. The number of carbonyl (C=O) groups excluding carboxylic acids is 1. The molecule has 8 heteroatoms. The van der Waals surface area contributed by atoms with Gasteiger partial charge in [-0.15, -0.1) is 0 Å². The van der Waals surface area contributed by atoms with Gasteiger partial charge in [-0.2, -0.15) is 12.6 Å². The molecule has 0 aromatic heterocycles. The summed E-state index contributed by atoms with van der Waals surface area (Å²) in [5, 5.41) is 12.4. The number of nitrogens with one attached hydrogen (secondary N) is 1. The van der Waals surface area contributed by atoms with Gasteiger partial charge in [-0.25, -0.2) is 4.99 Å². The molecule has 2 unspecified atom stereocenters. The number of aliphatic imine (C=N–C) groups is 1. The van der Waals surface area contributed by atoms with Crippen LogP contribution in [0, 0.1) is 11.8 Å². The number of amides is 1. The second-order valence-electron chi connectivity index (χ2n) is 5.74. The van der Waals surface area contributed by atoms with Crippen LogP contribution in [0.25, 0.3) is 0 Å². The molecular weight excluding hydrogens is 320 g/mol. The van der Waals surface area contributed by atoms with Gasteiger partial charge in [0.2, 0.25) is 5.91 Å². The second-order valence-corrected chi connectivity index (χ2v) is 6.71. The molecule has 4 atom stereocenters. The monoisotopic (exact) mass is 346 g/mol. The fourth-order valence-corrected chi connectivity index (χ4v) is 3.58. The predicted octanol–water partition coefficient (Wildman–Crippen LogP) is 0.231. The molecule has 1 aliphatic carbocycles. The van der Waals surface area contributed by atoms with E-state index in [1.165, 1.54) is 6.92 Å². The average molecular weight is 347 g/mol. The minimum absolute atomic E-state index is 0.0186. The van der Waals surface area contributed by atoms with E-state index in [-0.39, 0.29) is 42.4 Å². The van der Waals surface area contributed by atoms with Crippen LogP contribution in [-0.4, -0.2) is 46.3 Å². The number of aliphatic hydroxyl groups excluding tert-OH is 1. The van der Waals surface area contributed by atoms with Gasteiger partial charge in [0.25, 0.3) is 0 Å². The van der Waals surface area contributed by atoms with E-state index in [1.807, 2.05) is 0 Å². The van der Waals surface area contributed by atoms with Crippen molar-refractivity contribution in [1.29, 1.82) is 0 Å². The van der Waals surface area contributed by atoms with Crippen LogP contribution in [0.5, 0.6) is 0 Å². The molecule has 0 saturated heterocycles. The number of hydrogen-bond acceptors (Lipinski definition) is 5. The van der Waals surface area contributed by atoms with E-state index >= 15 is 0 Å². The van der Waals surface area contributed by atoms with Crippen molar-refractivity contribution in [3.8, 4) is 0 Å². The third kappa shape index (κ3) is 5.73. The Morgan fingerprint density at radius 3 is 2.68 bits per heavy atom. The number of hydrogen-bond donors (Lipinski definition) is 5. The Morgan fingerprint density at radius 1 is 1.50 bits per heavy atom. The van der Waals surface area contributed by atoms with Crippen molar-refractivity contribution in [2.45, 2.75) is 44.7 Å². The fraction of sp³-hybridized carbons (Fsp3) is 0.786.